The van der Waals surface area contributed by atoms with Gasteiger partial charge in [-0.05, 0) is 38.5 Å². The van der Waals surface area contributed by atoms with Crippen LogP contribution in [0.25, 0.3) is 0 Å². The summed E-state index contributed by atoms with van der Waals surface area (Å²) in [5.74, 6) is 0.642. The lowest BCUT2D eigenvalue weighted by atomic mass is 9.77. The number of rotatable bonds is 2. The van der Waals surface area contributed by atoms with Gasteiger partial charge < -0.3 is 9.47 Å². The average Bonchev–Trinajstić information content (AvgIpc) is 3.00. The van der Waals surface area contributed by atoms with Crippen LogP contribution in [0.4, 0.5) is 0 Å². The highest BCUT2D eigenvalue weighted by molar-refractivity contribution is 5.49. The maximum absolute atomic E-state index is 10.7. The van der Waals surface area contributed by atoms with E-state index in [1.54, 1.807) is 0 Å². The molecule has 19 heavy (non-hydrogen) atoms. The number of aryl methyl sites for hydroxylation is 1. The minimum absolute atomic E-state index is 0.427. The summed E-state index contributed by atoms with van der Waals surface area (Å²) in [7, 11) is 0. The molecule has 0 radical (unpaired) electrons. The molecule has 1 aliphatic carbocycles. The van der Waals surface area contributed by atoms with Crippen LogP contribution >= 0.6 is 0 Å². The molecule has 1 saturated heterocycles. The fourth-order valence-corrected chi connectivity index (χ4v) is 4.42. The van der Waals surface area contributed by atoms with Gasteiger partial charge in [-0.15, -0.1) is 0 Å². The molecule has 1 amide bonds. The molecule has 4 heteroatoms. The largest absolute Gasteiger partial charge is 0.344 e. The van der Waals surface area contributed by atoms with Crippen molar-refractivity contribution in [3.8, 4) is 0 Å². The van der Waals surface area contributed by atoms with Gasteiger partial charge in [-0.25, -0.2) is 4.98 Å². The first-order valence-electron chi connectivity index (χ1n) is 7.53. The van der Waals surface area contributed by atoms with Crippen LogP contribution in [0.2, 0.25) is 0 Å². The van der Waals surface area contributed by atoms with E-state index in [2.05, 4.69) is 4.57 Å². The van der Waals surface area contributed by atoms with Crippen molar-refractivity contribution in [2.24, 2.45) is 5.41 Å². The Bertz CT molecular complexity index is 501. The van der Waals surface area contributed by atoms with Gasteiger partial charge in [-0.2, -0.15) is 0 Å². The van der Waals surface area contributed by atoms with Crippen molar-refractivity contribution in [3.63, 3.8) is 0 Å². The predicted molar refractivity (Wildman–Crippen MR) is 71.8 cm³/mol. The molecule has 2 fully saturated rings. The Morgan fingerprint density at radius 3 is 3.11 bits per heavy atom. The number of carbonyl (C=O) groups excluding carboxylic acids is 1. The second kappa shape index (κ2) is 4.09. The lowest BCUT2D eigenvalue weighted by molar-refractivity contribution is -0.129. The van der Waals surface area contributed by atoms with Gasteiger partial charge in [0.25, 0.3) is 0 Å². The van der Waals surface area contributed by atoms with E-state index in [9.17, 15) is 4.79 Å². The molecule has 2 aliphatic heterocycles. The third-order valence-corrected chi connectivity index (χ3v) is 5.36. The zero-order chi connectivity index (χ0) is 12.9. The minimum Gasteiger partial charge on any atom is -0.344 e. The van der Waals surface area contributed by atoms with Crippen molar-refractivity contribution in [2.45, 2.75) is 51.0 Å². The molecule has 1 atom stereocenters. The van der Waals surface area contributed by atoms with Gasteiger partial charge in [0.15, 0.2) is 0 Å². The van der Waals surface area contributed by atoms with Gasteiger partial charge in [0.1, 0.15) is 0 Å². The van der Waals surface area contributed by atoms with Crippen molar-refractivity contribution < 1.29 is 4.79 Å². The smallest absolute Gasteiger partial charge is 0.209 e. The number of aromatic nitrogens is 2. The highest BCUT2D eigenvalue weighted by Gasteiger charge is 2.48. The van der Waals surface area contributed by atoms with Crippen LogP contribution in [0.3, 0.4) is 0 Å². The van der Waals surface area contributed by atoms with E-state index in [-0.39, 0.29) is 0 Å². The number of carbonyl (C=O) groups is 1. The zero-order valence-electron chi connectivity index (χ0n) is 11.3. The number of nitrogens with zero attached hydrogens (tertiary/aromatic N) is 3. The predicted octanol–water partition coefficient (Wildman–Crippen LogP) is 1.95. The van der Waals surface area contributed by atoms with E-state index in [1.807, 2.05) is 11.2 Å². The Balaban J connectivity index is 1.52. The molecule has 3 heterocycles. The van der Waals surface area contributed by atoms with Crippen molar-refractivity contribution >= 4 is 6.41 Å². The molecular weight excluding hydrogens is 238 g/mol. The van der Waals surface area contributed by atoms with Gasteiger partial charge in [0.05, 0.1) is 12.0 Å². The monoisotopic (exact) mass is 259 g/mol. The molecule has 1 saturated carbocycles. The van der Waals surface area contributed by atoms with Crippen LogP contribution in [0.1, 0.15) is 49.4 Å². The SMILES string of the molecule is O=CN1CC2(CCC(c3ncn4c3CCCC4)C2)C1. The Morgan fingerprint density at radius 2 is 2.26 bits per heavy atom. The molecule has 0 N–H and O–H groups in total. The van der Waals surface area contributed by atoms with E-state index < -0.39 is 0 Å². The highest BCUT2D eigenvalue weighted by Crippen LogP contribution is 2.51. The molecule has 4 nitrogen and oxygen atoms in total. The molecule has 1 unspecified atom stereocenters. The summed E-state index contributed by atoms with van der Waals surface area (Å²) in [5.41, 5.74) is 3.30. The first-order chi connectivity index (χ1) is 9.30. The van der Waals surface area contributed by atoms with Gasteiger partial charge in [0.2, 0.25) is 6.41 Å². The summed E-state index contributed by atoms with van der Waals surface area (Å²) >= 11 is 0. The molecule has 1 spiro atoms. The van der Waals surface area contributed by atoms with Crippen molar-refractivity contribution in [2.75, 3.05) is 13.1 Å². The Kier molecular flexibility index (Phi) is 2.47. The van der Waals surface area contributed by atoms with E-state index >= 15 is 0 Å². The van der Waals surface area contributed by atoms with Crippen LogP contribution in [0, 0.1) is 5.41 Å². The zero-order valence-corrected chi connectivity index (χ0v) is 11.3. The minimum atomic E-state index is 0.427. The fourth-order valence-electron chi connectivity index (χ4n) is 4.42. The maximum atomic E-state index is 10.7. The number of hydrogen-bond acceptors (Lipinski definition) is 2. The number of hydrogen-bond donors (Lipinski definition) is 0. The fraction of sp³-hybridized carbons (Fsp3) is 0.733. The lowest BCUT2D eigenvalue weighted by Crippen LogP contribution is -2.54. The van der Waals surface area contributed by atoms with E-state index in [0.29, 0.717) is 11.3 Å². The quantitative estimate of drug-likeness (QED) is 0.761. The number of likely N-dealkylation sites (tertiary alicyclic amines) is 1. The Morgan fingerprint density at radius 1 is 1.37 bits per heavy atom. The van der Waals surface area contributed by atoms with Crippen LogP contribution in [-0.4, -0.2) is 34.0 Å². The topological polar surface area (TPSA) is 38.1 Å². The molecule has 4 rings (SSSR count). The van der Waals surface area contributed by atoms with Crippen molar-refractivity contribution in [1.29, 1.82) is 0 Å². The summed E-state index contributed by atoms with van der Waals surface area (Å²) in [6.07, 6.45) is 10.6. The van der Waals surface area contributed by atoms with Gasteiger partial charge in [0, 0.05) is 36.7 Å². The van der Waals surface area contributed by atoms with Crippen LogP contribution in [0.5, 0.6) is 0 Å². The second-order valence-electron chi connectivity index (χ2n) is 6.68. The standard InChI is InChI=1S/C15H21N3O/c19-11-17-8-15(9-17)5-4-12(7-15)14-13-3-1-2-6-18(13)10-16-14/h10-12H,1-9H2. The molecule has 1 aromatic rings. The van der Waals surface area contributed by atoms with E-state index in [1.165, 1.54) is 49.9 Å². The Labute approximate surface area is 113 Å². The summed E-state index contributed by atoms with van der Waals surface area (Å²) in [6.45, 7) is 3.10. The first-order valence-corrected chi connectivity index (χ1v) is 7.53. The maximum Gasteiger partial charge on any atom is 0.209 e. The van der Waals surface area contributed by atoms with Gasteiger partial charge >= 0.3 is 0 Å². The number of amides is 1. The average molecular weight is 259 g/mol. The van der Waals surface area contributed by atoms with Crippen LogP contribution in [-0.2, 0) is 17.8 Å². The second-order valence-corrected chi connectivity index (χ2v) is 6.68. The molecule has 1 aromatic heterocycles. The van der Waals surface area contributed by atoms with Gasteiger partial charge in [-0.1, -0.05) is 0 Å². The molecule has 3 aliphatic rings. The molecular formula is C15H21N3O. The molecule has 0 bridgehead atoms. The summed E-state index contributed by atoms with van der Waals surface area (Å²) in [4.78, 5) is 17.4. The number of imidazole rings is 1. The first kappa shape index (κ1) is 11.5. The summed E-state index contributed by atoms with van der Waals surface area (Å²) < 4.78 is 2.36. The third kappa shape index (κ3) is 1.72. The van der Waals surface area contributed by atoms with Crippen LogP contribution < -0.4 is 0 Å². The van der Waals surface area contributed by atoms with Gasteiger partial charge in [-0.3, -0.25) is 4.79 Å². The lowest BCUT2D eigenvalue weighted by Gasteiger charge is -2.46. The summed E-state index contributed by atoms with van der Waals surface area (Å²) in [5, 5.41) is 0. The highest BCUT2D eigenvalue weighted by atomic mass is 16.1. The molecule has 102 valence electrons. The normalized spacial score (nSPS) is 28.2. The van der Waals surface area contributed by atoms with Crippen LogP contribution in [0.15, 0.2) is 6.33 Å². The summed E-state index contributed by atoms with van der Waals surface area (Å²) in [6, 6.07) is 0. The van der Waals surface area contributed by atoms with Crippen molar-refractivity contribution in [1.82, 2.24) is 14.5 Å². The molecule has 0 aromatic carbocycles. The third-order valence-electron chi connectivity index (χ3n) is 5.36. The van der Waals surface area contributed by atoms with Crippen molar-refractivity contribution in [3.05, 3.63) is 17.7 Å². The van der Waals surface area contributed by atoms with E-state index in [0.717, 1.165) is 26.0 Å². The number of fused-ring (bicyclic) bond motifs is 1. The Hall–Kier alpha value is -1.32. The van der Waals surface area contributed by atoms with E-state index in [4.69, 9.17) is 4.98 Å².